The summed E-state index contributed by atoms with van der Waals surface area (Å²) < 4.78 is 14.1. The molecular weight excluding hydrogens is 412 g/mol. The van der Waals surface area contributed by atoms with Crippen LogP contribution in [0.15, 0.2) is 78.6 Å². The Morgan fingerprint density at radius 1 is 0.909 bits per heavy atom. The van der Waals surface area contributed by atoms with E-state index in [4.69, 9.17) is 9.47 Å². The molecule has 0 unspecified atom stereocenters. The largest absolute Gasteiger partial charge is 0.497 e. The molecule has 1 aromatic heterocycles. The monoisotopic (exact) mass is 436 g/mol. The molecule has 1 N–H and O–H groups in total. The third-order valence-corrected chi connectivity index (χ3v) is 6.39. The lowest BCUT2D eigenvalue weighted by Crippen LogP contribution is -2.32. The van der Waals surface area contributed by atoms with E-state index < -0.39 is 0 Å². The van der Waals surface area contributed by atoms with Gasteiger partial charge in [0.1, 0.15) is 30.0 Å². The Labute approximate surface area is 192 Å². The first-order chi connectivity index (χ1) is 16.1. The van der Waals surface area contributed by atoms with E-state index in [2.05, 4.69) is 77.8 Å². The van der Waals surface area contributed by atoms with Gasteiger partial charge >= 0.3 is 0 Å². The average Bonchev–Trinajstić information content (AvgIpc) is 3.31. The number of aromatic nitrogens is 3. The molecule has 3 heterocycles. The molecule has 4 aromatic rings. The number of nitrogens with one attached hydrogen (secondary N) is 1. The van der Waals surface area contributed by atoms with E-state index >= 15 is 0 Å². The van der Waals surface area contributed by atoms with Crippen molar-refractivity contribution in [2.24, 2.45) is 0 Å². The molecule has 164 valence electrons. The van der Waals surface area contributed by atoms with Crippen LogP contribution >= 0.6 is 0 Å². The van der Waals surface area contributed by atoms with Gasteiger partial charge in [0.25, 0.3) is 0 Å². The maximum Gasteiger partial charge on any atom is 0.226 e. The molecule has 0 fully saturated rings. The maximum absolute atomic E-state index is 6.68. The van der Waals surface area contributed by atoms with E-state index in [1.807, 2.05) is 22.9 Å². The fourth-order valence-electron chi connectivity index (χ4n) is 4.66. The summed E-state index contributed by atoms with van der Waals surface area (Å²) >= 11 is 0. The molecule has 6 heteroatoms. The Morgan fingerprint density at radius 2 is 1.61 bits per heavy atom. The van der Waals surface area contributed by atoms with Crippen molar-refractivity contribution in [1.82, 2.24) is 14.8 Å². The number of fused-ring (bicyclic) bond motifs is 3. The molecule has 3 aromatic carbocycles. The molecule has 2 aliphatic rings. The molecule has 0 saturated heterocycles. The zero-order chi connectivity index (χ0) is 22.5. The van der Waals surface area contributed by atoms with E-state index in [1.165, 1.54) is 11.1 Å². The zero-order valence-corrected chi connectivity index (χ0v) is 18.7. The lowest BCUT2D eigenvalue weighted by molar-refractivity contribution is 0.222. The highest BCUT2D eigenvalue weighted by molar-refractivity contribution is 5.85. The third-order valence-electron chi connectivity index (χ3n) is 6.39. The van der Waals surface area contributed by atoms with Gasteiger partial charge in [-0.15, -0.1) is 0 Å². The number of benzene rings is 3. The van der Waals surface area contributed by atoms with Crippen molar-refractivity contribution >= 4 is 11.6 Å². The van der Waals surface area contributed by atoms with Crippen LogP contribution in [-0.2, 0) is 0 Å². The quantitative estimate of drug-likeness (QED) is 0.462. The lowest BCUT2D eigenvalue weighted by Gasteiger charge is -2.39. The van der Waals surface area contributed by atoms with Gasteiger partial charge in [-0.25, -0.2) is 4.68 Å². The topological polar surface area (TPSA) is 61.2 Å². The number of ether oxygens (including phenoxy) is 2. The van der Waals surface area contributed by atoms with Crippen LogP contribution in [0.2, 0.25) is 0 Å². The molecule has 0 spiro atoms. The number of methoxy groups -OCH3 is 1. The zero-order valence-electron chi connectivity index (χ0n) is 18.7. The first-order valence-electron chi connectivity index (χ1n) is 11.0. The van der Waals surface area contributed by atoms with E-state index in [9.17, 15) is 0 Å². The molecule has 0 aliphatic carbocycles. The van der Waals surface area contributed by atoms with E-state index in [-0.39, 0.29) is 12.1 Å². The normalized spacial score (nSPS) is 18.5. The number of hydrogen-bond acceptors (Lipinski definition) is 5. The van der Waals surface area contributed by atoms with Crippen LogP contribution in [0, 0.1) is 13.8 Å². The van der Waals surface area contributed by atoms with Crippen LogP contribution in [-0.4, -0.2) is 21.9 Å². The van der Waals surface area contributed by atoms with Crippen LogP contribution < -0.4 is 14.8 Å². The van der Waals surface area contributed by atoms with E-state index in [1.54, 1.807) is 13.4 Å². The van der Waals surface area contributed by atoms with Gasteiger partial charge in [0.05, 0.1) is 12.8 Å². The molecule has 0 saturated carbocycles. The predicted molar refractivity (Wildman–Crippen MR) is 127 cm³/mol. The summed E-state index contributed by atoms with van der Waals surface area (Å²) in [7, 11) is 1.68. The SMILES string of the molecule is COc1ccc2c(c1)C1=C([C@@H](c3ccc(C)cc3)O2)[C@@H](c2ccc(C)cc2)n2ncnc2N1. The van der Waals surface area contributed by atoms with Gasteiger partial charge in [-0.1, -0.05) is 59.7 Å². The highest BCUT2D eigenvalue weighted by Gasteiger charge is 2.41. The van der Waals surface area contributed by atoms with Crippen molar-refractivity contribution in [3.63, 3.8) is 0 Å². The summed E-state index contributed by atoms with van der Waals surface area (Å²) in [5.74, 6) is 2.29. The van der Waals surface area contributed by atoms with Gasteiger partial charge in [-0.3, -0.25) is 0 Å². The summed E-state index contributed by atoms with van der Waals surface area (Å²) in [4.78, 5) is 4.50. The fourth-order valence-corrected chi connectivity index (χ4v) is 4.66. The number of rotatable bonds is 3. The highest BCUT2D eigenvalue weighted by atomic mass is 16.5. The highest BCUT2D eigenvalue weighted by Crippen LogP contribution is 2.51. The molecule has 2 atom stereocenters. The Bertz CT molecular complexity index is 1370. The molecule has 33 heavy (non-hydrogen) atoms. The van der Waals surface area contributed by atoms with Crippen molar-refractivity contribution in [2.45, 2.75) is 26.0 Å². The van der Waals surface area contributed by atoms with Gasteiger partial charge in [0, 0.05) is 11.1 Å². The summed E-state index contributed by atoms with van der Waals surface area (Å²) in [6, 6.07) is 22.9. The number of anilines is 1. The minimum Gasteiger partial charge on any atom is -0.497 e. The van der Waals surface area contributed by atoms with E-state index in [0.29, 0.717) is 5.95 Å². The minimum absolute atomic E-state index is 0.162. The minimum atomic E-state index is -0.280. The molecule has 0 bridgehead atoms. The standard InChI is InChI=1S/C27H24N4O2/c1-16-4-8-18(9-5-16)25-23-24(30-27-28-15-29-31(25)27)21-14-20(32-3)12-13-22(21)33-26(23)19-10-6-17(2)7-11-19/h4-15,25-26H,1-3H3,(H,28,29,30)/t25-,26-/m1/s1. The maximum atomic E-state index is 6.68. The number of aryl methyl sites for hydroxylation is 2. The first kappa shape index (κ1) is 19.6. The second-order valence-corrected chi connectivity index (χ2v) is 8.57. The summed E-state index contributed by atoms with van der Waals surface area (Å²) in [6.45, 7) is 4.19. The summed E-state index contributed by atoms with van der Waals surface area (Å²) in [5.41, 5.74) is 7.70. The lowest BCUT2D eigenvalue weighted by atomic mass is 9.84. The van der Waals surface area contributed by atoms with Crippen LogP contribution in [0.3, 0.4) is 0 Å². The van der Waals surface area contributed by atoms with Crippen LogP contribution in [0.5, 0.6) is 11.5 Å². The predicted octanol–water partition coefficient (Wildman–Crippen LogP) is 5.46. The van der Waals surface area contributed by atoms with Gasteiger partial charge in [-0.2, -0.15) is 10.1 Å². The third kappa shape index (κ3) is 3.18. The first-order valence-corrected chi connectivity index (χ1v) is 11.0. The van der Waals surface area contributed by atoms with E-state index in [0.717, 1.165) is 39.5 Å². The number of nitrogens with zero attached hydrogens (tertiary/aromatic N) is 3. The smallest absolute Gasteiger partial charge is 0.226 e. The van der Waals surface area contributed by atoms with Crippen molar-refractivity contribution in [1.29, 1.82) is 0 Å². The van der Waals surface area contributed by atoms with Crippen LogP contribution in [0.1, 0.15) is 40.0 Å². The second kappa shape index (κ2) is 7.52. The van der Waals surface area contributed by atoms with Crippen LogP contribution in [0.25, 0.3) is 5.70 Å². The Morgan fingerprint density at radius 3 is 2.30 bits per heavy atom. The number of hydrogen-bond donors (Lipinski definition) is 1. The van der Waals surface area contributed by atoms with Gasteiger partial charge < -0.3 is 14.8 Å². The molecule has 0 amide bonds. The van der Waals surface area contributed by atoms with Crippen molar-refractivity contribution < 1.29 is 9.47 Å². The second-order valence-electron chi connectivity index (χ2n) is 8.57. The van der Waals surface area contributed by atoms with Crippen molar-refractivity contribution in [2.75, 3.05) is 12.4 Å². The van der Waals surface area contributed by atoms with Crippen LogP contribution in [0.4, 0.5) is 5.95 Å². The Kier molecular flexibility index (Phi) is 4.47. The summed E-state index contributed by atoms with van der Waals surface area (Å²) in [6.07, 6.45) is 1.31. The van der Waals surface area contributed by atoms with Crippen molar-refractivity contribution in [3.05, 3.63) is 106 Å². The molecule has 2 aliphatic heterocycles. The van der Waals surface area contributed by atoms with Gasteiger partial charge in [0.15, 0.2) is 0 Å². The Hall–Kier alpha value is -4.06. The molecule has 6 nitrogen and oxygen atoms in total. The molecular formula is C27H24N4O2. The summed E-state index contributed by atoms with van der Waals surface area (Å²) in [5, 5.41) is 8.13. The fraction of sp³-hybridized carbons (Fsp3) is 0.185. The molecule has 6 rings (SSSR count). The van der Waals surface area contributed by atoms with Crippen molar-refractivity contribution in [3.8, 4) is 11.5 Å². The van der Waals surface area contributed by atoms with Gasteiger partial charge in [0.2, 0.25) is 5.95 Å². The average molecular weight is 437 g/mol. The molecule has 0 radical (unpaired) electrons. The Balaban J connectivity index is 1.62. The van der Waals surface area contributed by atoms with Gasteiger partial charge in [-0.05, 0) is 43.2 Å².